The number of carbonyl (C=O) groups is 1. The molecule has 128 valence electrons. The van der Waals surface area contributed by atoms with E-state index >= 15 is 0 Å². The predicted molar refractivity (Wildman–Crippen MR) is 92.7 cm³/mol. The molecule has 24 heavy (non-hydrogen) atoms. The molecule has 0 unspecified atom stereocenters. The van der Waals surface area contributed by atoms with Gasteiger partial charge in [-0.1, -0.05) is 38.5 Å². The van der Waals surface area contributed by atoms with E-state index in [0.717, 1.165) is 30.5 Å². The number of esters is 1. The maximum atomic E-state index is 11.6. The number of hydrogen-bond acceptors (Lipinski definition) is 7. The number of nitrogen functional groups attached to an aromatic ring is 1. The van der Waals surface area contributed by atoms with Gasteiger partial charge < -0.3 is 15.8 Å². The molecule has 0 aliphatic carbocycles. The molecule has 0 bridgehead atoms. The Balaban J connectivity index is 2.06. The first kappa shape index (κ1) is 17.7. The fraction of sp³-hybridized carbons (Fsp3) is 0.412. The molecule has 1 heterocycles. The Kier molecular flexibility index (Phi) is 6.48. The monoisotopic (exact) mass is 329 g/mol. The number of anilines is 3. The van der Waals surface area contributed by atoms with Crippen LogP contribution >= 0.6 is 0 Å². The number of nitrogens with one attached hydrogen (secondary N) is 1. The number of nitrogens with zero attached hydrogens (tertiary/aromatic N) is 3. The van der Waals surface area contributed by atoms with Gasteiger partial charge in [-0.05, 0) is 24.5 Å². The maximum absolute atomic E-state index is 11.6. The van der Waals surface area contributed by atoms with Gasteiger partial charge in [0.1, 0.15) is 0 Å². The van der Waals surface area contributed by atoms with Crippen LogP contribution in [-0.4, -0.2) is 20.9 Å². The lowest BCUT2D eigenvalue weighted by molar-refractivity contribution is -0.145. The molecule has 1 aromatic heterocycles. The second kappa shape index (κ2) is 8.81. The molecule has 0 atom stereocenters. The summed E-state index contributed by atoms with van der Waals surface area (Å²) in [6.45, 7) is 4.08. The summed E-state index contributed by atoms with van der Waals surface area (Å²) in [7, 11) is 0. The molecule has 0 fully saturated rings. The average molecular weight is 329 g/mol. The van der Waals surface area contributed by atoms with Gasteiger partial charge in [-0.2, -0.15) is 15.0 Å². The largest absolute Gasteiger partial charge is 0.457 e. The van der Waals surface area contributed by atoms with E-state index in [4.69, 9.17) is 10.5 Å². The highest BCUT2D eigenvalue weighted by atomic mass is 16.5. The van der Waals surface area contributed by atoms with Crippen LogP contribution in [0.5, 0.6) is 0 Å². The molecule has 2 rings (SSSR count). The molecule has 0 saturated carbocycles. The third-order valence-corrected chi connectivity index (χ3v) is 3.44. The van der Waals surface area contributed by atoms with Crippen molar-refractivity contribution in [3.63, 3.8) is 0 Å². The fourth-order valence-electron chi connectivity index (χ4n) is 2.17. The third-order valence-electron chi connectivity index (χ3n) is 3.44. The van der Waals surface area contributed by atoms with E-state index in [-0.39, 0.29) is 18.5 Å². The summed E-state index contributed by atoms with van der Waals surface area (Å²) in [5.74, 6) is 0.481. The smallest absolute Gasteiger partial charge is 0.306 e. The van der Waals surface area contributed by atoms with Crippen molar-refractivity contribution in [1.29, 1.82) is 0 Å². The van der Waals surface area contributed by atoms with E-state index in [0.29, 0.717) is 18.2 Å². The van der Waals surface area contributed by atoms with E-state index < -0.39 is 0 Å². The van der Waals surface area contributed by atoms with Crippen molar-refractivity contribution < 1.29 is 9.53 Å². The van der Waals surface area contributed by atoms with Crippen LogP contribution in [0.25, 0.3) is 0 Å². The number of hydrogen-bond donors (Lipinski definition) is 2. The highest BCUT2D eigenvalue weighted by Crippen LogP contribution is 2.19. The summed E-state index contributed by atoms with van der Waals surface area (Å²) in [5, 5.41) is 3.14. The number of benzene rings is 1. The SMILES string of the molecule is CCCCC(=O)OCc1nc(N)nc(Nc2ccccc2CC)n1. The number of rotatable bonds is 8. The Labute approximate surface area is 141 Å². The molecule has 7 nitrogen and oxygen atoms in total. The Bertz CT molecular complexity index is 690. The van der Waals surface area contributed by atoms with Crippen LogP contribution in [0.3, 0.4) is 0 Å². The minimum atomic E-state index is -0.262. The first-order valence-electron chi connectivity index (χ1n) is 8.13. The highest BCUT2D eigenvalue weighted by molar-refractivity contribution is 5.69. The first-order chi connectivity index (χ1) is 11.6. The molecule has 0 spiro atoms. The zero-order valence-electron chi connectivity index (χ0n) is 14.1. The van der Waals surface area contributed by atoms with E-state index in [2.05, 4.69) is 27.2 Å². The summed E-state index contributed by atoms with van der Waals surface area (Å²) in [6.07, 6.45) is 3.02. The van der Waals surface area contributed by atoms with Crippen molar-refractivity contribution in [3.05, 3.63) is 35.7 Å². The molecule has 0 saturated heterocycles. The van der Waals surface area contributed by atoms with Crippen LogP contribution in [0.1, 0.15) is 44.5 Å². The second-order valence-electron chi connectivity index (χ2n) is 5.33. The Morgan fingerprint density at radius 1 is 1.21 bits per heavy atom. The quantitative estimate of drug-likeness (QED) is 0.717. The number of ether oxygens (including phenoxy) is 1. The standard InChI is InChI=1S/C17H23N5O2/c1-3-5-10-15(23)24-11-14-20-16(18)22-17(21-14)19-13-9-7-6-8-12(13)4-2/h6-9H,3-5,10-11H2,1-2H3,(H3,18,19,20,21,22). The summed E-state index contributed by atoms with van der Waals surface area (Å²) in [5.41, 5.74) is 7.78. The van der Waals surface area contributed by atoms with Gasteiger partial charge in [-0.3, -0.25) is 4.79 Å². The van der Waals surface area contributed by atoms with E-state index in [1.54, 1.807) is 0 Å². The molecular formula is C17H23N5O2. The van der Waals surface area contributed by atoms with Gasteiger partial charge in [-0.15, -0.1) is 0 Å². The molecule has 2 aromatic rings. The zero-order valence-corrected chi connectivity index (χ0v) is 14.1. The Morgan fingerprint density at radius 2 is 2.00 bits per heavy atom. The molecule has 3 N–H and O–H groups in total. The van der Waals surface area contributed by atoms with Crippen LogP contribution in [-0.2, 0) is 22.6 Å². The number of nitrogens with two attached hydrogens (primary N) is 1. The predicted octanol–water partition coefficient (Wildman–Crippen LogP) is 2.99. The Morgan fingerprint density at radius 3 is 2.75 bits per heavy atom. The molecular weight excluding hydrogens is 306 g/mol. The number of para-hydroxylation sites is 1. The van der Waals surface area contributed by atoms with E-state index in [1.165, 1.54) is 0 Å². The van der Waals surface area contributed by atoms with Gasteiger partial charge in [0.15, 0.2) is 12.4 Å². The lowest BCUT2D eigenvalue weighted by Crippen LogP contribution is -2.11. The summed E-state index contributed by atoms with van der Waals surface area (Å²) in [4.78, 5) is 23.9. The second-order valence-corrected chi connectivity index (χ2v) is 5.33. The summed E-state index contributed by atoms with van der Waals surface area (Å²) in [6, 6.07) is 7.89. The van der Waals surface area contributed by atoms with Crippen LogP contribution in [0.4, 0.5) is 17.6 Å². The molecule has 7 heteroatoms. The van der Waals surface area contributed by atoms with Crippen LogP contribution < -0.4 is 11.1 Å². The number of aromatic nitrogens is 3. The van der Waals surface area contributed by atoms with Gasteiger partial charge in [0.25, 0.3) is 0 Å². The van der Waals surface area contributed by atoms with Crippen molar-refractivity contribution in [1.82, 2.24) is 15.0 Å². The summed E-state index contributed by atoms with van der Waals surface area (Å²) >= 11 is 0. The topological polar surface area (TPSA) is 103 Å². The van der Waals surface area contributed by atoms with Gasteiger partial charge in [0, 0.05) is 12.1 Å². The van der Waals surface area contributed by atoms with Crippen molar-refractivity contribution in [2.24, 2.45) is 0 Å². The maximum Gasteiger partial charge on any atom is 0.306 e. The van der Waals surface area contributed by atoms with Gasteiger partial charge >= 0.3 is 5.97 Å². The van der Waals surface area contributed by atoms with Gasteiger partial charge in [-0.25, -0.2) is 0 Å². The van der Waals surface area contributed by atoms with Gasteiger partial charge in [0.05, 0.1) is 0 Å². The lowest BCUT2D eigenvalue weighted by Gasteiger charge is -2.10. The minimum Gasteiger partial charge on any atom is -0.457 e. The molecule has 0 amide bonds. The number of carbonyl (C=O) groups excluding carboxylic acids is 1. The lowest BCUT2D eigenvalue weighted by atomic mass is 10.1. The molecule has 0 aliphatic rings. The number of aryl methyl sites for hydroxylation is 1. The summed E-state index contributed by atoms with van der Waals surface area (Å²) < 4.78 is 5.16. The van der Waals surface area contributed by atoms with Crippen molar-refractivity contribution in [2.45, 2.75) is 46.1 Å². The van der Waals surface area contributed by atoms with Crippen molar-refractivity contribution in [2.75, 3.05) is 11.1 Å². The van der Waals surface area contributed by atoms with E-state index in [1.807, 2.05) is 31.2 Å². The number of unbranched alkanes of at least 4 members (excludes halogenated alkanes) is 1. The molecule has 0 radical (unpaired) electrons. The Hall–Kier alpha value is -2.70. The highest BCUT2D eigenvalue weighted by Gasteiger charge is 2.09. The third kappa shape index (κ3) is 5.19. The average Bonchev–Trinajstić information content (AvgIpc) is 2.58. The van der Waals surface area contributed by atoms with Crippen LogP contribution in [0.2, 0.25) is 0 Å². The normalized spacial score (nSPS) is 10.4. The van der Waals surface area contributed by atoms with Crippen LogP contribution in [0.15, 0.2) is 24.3 Å². The zero-order chi connectivity index (χ0) is 17.4. The van der Waals surface area contributed by atoms with Crippen molar-refractivity contribution in [3.8, 4) is 0 Å². The van der Waals surface area contributed by atoms with Gasteiger partial charge in [0.2, 0.25) is 11.9 Å². The fourth-order valence-corrected chi connectivity index (χ4v) is 2.17. The minimum absolute atomic E-state index is 0.0145. The first-order valence-corrected chi connectivity index (χ1v) is 8.13. The van der Waals surface area contributed by atoms with Crippen LogP contribution in [0, 0.1) is 0 Å². The van der Waals surface area contributed by atoms with Crippen molar-refractivity contribution >= 4 is 23.6 Å². The molecule has 1 aromatic carbocycles. The molecule has 0 aliphatic heterocycles. The van der Waals surface area contributed by atoms with E-state index in [9.17, 15) is 4.79 Å².